The number of carbonyl (C=O) groups is 1. The van der Waals surface area contributed by atoms with E-state index in [1.807, 2.05) is 0 Å². The maximum Gasteiger partial charge on any atom is 1.00 e. The number of carbonyl (C=O) groups excluding carboxylic acids is 1. The third-order valence-electron chi connectivity index (χ3n) is 8.02. The summed E-state index contributed by atoms with van der Waals surface area (Å²) >= 11 is 0. The first-order valence-electron chi connectivity index (χ1n) is 9.50. The van der Waals surface area contributed by atoms with Gasteiger partial charge in [-0.3, -0.25) is 8.98 Å². The van der Waals surface area contributed by atoms with Crippen molar-refractivity contribution in [1.82, 2.24) is 0 Å². The van der Waals surface area contributed by atoms with Crippen LogP contribution in [0.25, 0.3) is 0 Å². The molecule has 3 fully saturated rings. The molecule has 0 aromatic rings. The van der Waals surface area contributed by atoms with Crippen molar-refractivity contribution in [2.24, 2.45) is 28.6 Å². The Bertz CT molecular complexity index is 732. The van der Waals surface area contributed by atoms with Gasteiger partial charge in [0.05, 0.1) is 6.10 Å². The summed E-state index contributed by atoms with van der Waals surface area (Å²) in [7, 11) is -4.65. The van der Waals surface area contributed by atoms with Crippen LogP contribution >= 0.6 is 0 Å². The van der Waals surface area contributed by atoms with Gasteiger partial charge in [0, 0.05) is 11.8 Å². The summed E-state index contributed by atoms with van der Waals surface area (Å²) in [5.41, 5.74) is 1.20. The molecule has 0 amide bonds. The first-order valence-corrected chi connectivity index (χ1v) is 10.8. The summed E-state index contributed by atoms with van der Waals surface area (Å²) in [5, 5.41) is 0. The first kappa shape index (κ1) is 21.0. The second-order valence-corrected chi connectivity index (χ2v) is 10.1. The van der Waals surface area contributed by atoms with E-state index in [0.29, 0.717) is 36.4 Å². The number of allylic oxidation sites excluding steroid dienone is 1. The van der Waals surface area contributed by atoms with Crippen molar-refractivity contribution in [2.75, 3.05) is 0 Å². The molecule has 0 bridgehead atoms. The Hall–Kier alpha value is 0.280. The van der Waals surface area contributed by atoms with Crippen LogP contribution in [-0.2, 0) is 19.4 Å². The Balaban J connectivity index is 0.00000196. The molecule has 2 unspecified atom stereocenters. The zero-order valence-corrected chi connectivity index (χ0v) is 18.8. The van der Waals surface area contributed by atoms with Gasteiger partial charge in [0.2, 0.25) is 10.4 Å². The van der Waals surface area contributed by atoms with Crippen LogP contribution in [0.3, 0.4) is 0 Å². The molecule has 0 radical (unpaired) electrons. The molecular formula is C19H27NaO5S. The Morgan fingerprint density at radius 1 is 1.12 bits per heavy atom. The van der Waals surface area contributed by atoms with Crippen LogP contribution in [0.4, 0.5) is 0 Å². The van der Waals surface area contributed by atoms with E-state index in [1.165, 1.54) is 5.57 Å². The van der Waals surface area contributed by atoms with E-state index in [-0.39, 0.29) is 40.4 Å². The Morgan fingerprint density at radius 2 is 1.77 bits per heavy atom. The van der Waals surface area contributed by atoms with Crippen LogP contribution in [0, 0.1) is 28.6 Å². The number of rotatable bonds is 2. The second-order valence-electron chi connectivity index (χ2n) is 9.05. The van der Waals surface area contributed by atoms with Crippen LogP contribution in [0.15, 0.2) is 11.6 Å². The van der Waals surface area contributed by atoms with Crippen molar-refractivity contribution in [3.8, 4) is 0 Å². The summed E-state index contributed by atoms with van der Waals surface area (Å²) in [4.78, 5) is 12.4. The zero-order valence-electron chi connectivity index (χ0n) is 16.0. The molecule has 0 heterocycles. The summed E-state index contributed by atoms with van der Waals surface area (Å²) in [6.45, 7) is 4.48. The number of fused-ring (bicyclic) bond motifs is 5. The molecule has 4 rings (SSSR count). The Labute approximate surface area is 178 Å². The topological polar surface area (TPSA) is 83.5 Å². The van der Waals surface area contributed by atoms with Gasteiger partial charge < -0.3 is 4.55 Å². The predicted octanol–water partition coefficient (Wildman–Crippen LogP) is 0.368. The van der Waals surface area contributed by atoms with Crippen LogP contribution < -0.4 is 29.6 Å². The molecular weight excluding hydrogens is 363 g/mol. The largest absolute Gasteiger partial charge is 1.00 e. The van der Waals surface area contributed by atoms with Crippen LogP contribution in [0.1, 0.15) is 65.2 Å². The van der Waals surface area contributed by atoms with E-state index in [0.717, 1.165) is 38.5 Å². The maximum atomic E-state index is 12.4. The van der Waals surface area contributed by atoms with Crippen molar-refractivity contribution in [2.45, 2.75) is 71.3 Å². The first-order chi connectivity index (χ1) is 11.6. The van der Waals surface area contributed by atoms with Crippen molar-refractivity contribution >= 4 is 16.2 Å². The van der Waals surface area contributed by atoms with E-state index in [4.69, 9.17) is 4.18 Å². The minimum absolute atomic E-state index is 0. The molecule has 4 aliphatic rings. The molecule has 0 spiro atoms. The smallest absolute Gasteiger partial charge is 0.726 e. The minimum Gasteiger partial charge on any atom is -0.726 e. The van der Waals surface area contributed by atoms with Gasteiger partial charge in [-0.25, -0.2) is 8.42 Å². The van der Waals surface area contributed by atoms with Crippen molar-refractivity contribution in [1.29, 1.82) is 0 Å². The molecule has 7 heteroatoms. The van der Waals surface area contributed by atoms with E-state index in [2.05, 4.69) is 19.9 Å². The molecule has 0 aliphatic heterocycles. The second kappa shape index (κ2) is 6.96. The minimum atomic E-state index is -4.65. The normalized spacial score (nSPS) is 45.0. The van der Waals surface area contributed by atoms with Gasteiger partial charge in [0.1, 0.15) is 5.78 Å². The fourth-order valence-corrected chi connectivity index (χ4v) is 7.14. The van der Waals surface area contributed by atoms with E-state index < -0.39 is 16.5 Å². The fourth-order valence-electron chi connectivity index (χ4n) is 6.65. The van der Waals surface area contributed by atoms with Gasteiger partial charge in [0.15, 0.2) is 0 Å². The van der Waals surface area contributed by atoms with Gasteiger partial charge in [-0.15, -0.1) is 0 Å². The van der Waals surface area contributed by atoms with Gasteiger partial charge >= 0.3 is 29.6 Å². The Kier molecular flexibility index (Phi) is 5.62. The quantitative estimate of drug-likeness (QED) is 0.294. The Morgan fingerprint density at radius 3 is 2.46 bits per heavy atom. The molecule has 0 aromatic carbocycles. The summed E-state index contributed by atoms with van der Waals surface area (Å²) in [6, 6.07) is 0. The summed E-state index contributed by atoms with van der Waals surface area (Å²) < 4.78 is 37.5. The van der Waals surface area contributed by atoms with E-state index >= 15 is 0 Å². The third kappa shape index (κ3) is 3.29. The van der Waals surface area contributed by atoms with Crippen molar-refractivity contribution in [3.05, 3.63) is 11.6 Å². The van der Waals surface area contributed by atoms with Gasteiger partial charge in [-0.05, 0) is 68.1 Å². The van der Waals surface area contributed by atoms with Crippen LogP contribution in [0.5, 0.6) is 0 Å². The van der Waals surface area contributed by atoms with Crippen LogP contribution in [0.2, 0.25) is 0 Å². The number of hydrogen-bond donors (Lipinski definition) is 0. The number of ketones is 1. The van der Waals surface area contributed by atoms with Crippen LogP contribution in [-0.4, -0.2) is 24.9 Å². The third-order valence-corrected chi connectivity index (χ3v) is 8.53. The monoisotopic (exact) mass is 390 g/mol. The molecule has 0 N–H and O–H groups in total. The maximum absolute atomic E-state index is 12.4. The average molecular weight is 390 g/mol. The molecule has 0 saturated heterocycles. The molecule has 0 aromatic heterocycles. The molecule has 3 saturated carbocycles. The average Bonchev–Trinajstić information content (AvgIpc) is 2.82. The molecule has 26 heavy (non-hydrogen) atoms. The molecule has 6 atom stereocenters. The van der Waals surface area contributed by atoms with E-state index in [1.54, 1.807) is 0 Å². The van der Waals surface area contributed by atoms with Crippen molar-refractivity contribution in [3.63, 3.8) is 0 Å². The van der Waals surface area contributed by atoms with Gasteiger partial charge in [0.25, 0.3) is 0 Å². The standard InChI is InChI=1S/C19H28O5S.Na/c1-18-9-7-13(24-25(21,22)23)11-12(18)3-4-14-15-5-6-17(20)19(15,2)10-8-16(14)18;/h3,13-16H,4-11H2,1-2H3,(H,21,22,23);/q;+1/p-1/t13-,14+,15?,16?,18+,19+;/m1./s1. The van der Waals surface area contributed by atoms with Crippen molar-refractivity contribution < 1.29 is 51.5 Å². The summed E-state index contributed by atoms with van der Waals surface area (Å²) in [5.74, 6) is 2.05. The fraction of sp³-hybridized carbons (Fsp3) is 0.842. The van der Waals surface area contributed by atoms with E-state index in [9.17, 15) is 17.8 Å². The molecule has 5 nitrogen and oxygen atoms in total. The molecule has 4 aliphatic carbocycles. The zero-order chi connectivity index (χ0) is 18.0. The SMILES string of the molecule is C[C@]12CC[C@@H](OS(=O)(=O)[O-])CC1=CC[C@@H]1C2CC[C@]2(C)C(=O)CCC12.[Na+]. The summed E-state index contributed by atoms with van der Waals surface area (Å²) in [6.07, 6.45) is 8.55. The van der Waals surface area contributed by atoms with Gasteiger partial charge in [-0.2, -0.15) is 0 Å². The number of Topliss-reactive ketones (excluding diaryl/α,β-unsaturated/α-hetero) is 1. The molecule has 140 valence electrons. The number of hydrogen-bond acceptors (Lipinski definition) is 5. The predicted molar refractivity (Wildman–Crippen MR) is 91.3 cm³/mol. The van der Waals surface area contributed by atoms with Gasteiger partial charge in [-0.1, -0.05) is 25.5 Å².